The summed E-state index contributed by atoms with van der Waals surface area (Å²) in [6.45, 7) is 2.57. The molecule has 116 valence electrons. The molecule has 0 bridgehead atoms. The van der Waals surface area contributed by atoms with Crippen molar-refractivity contribution in [1.29, 1.82) is 0 Å². The number of hydrogen-bond donors (Lipinski definition) is 1. The molecule has 21 heavy (non-hydrogen) atoms. The highest BCUT2D eigenvalue weighted by Gasteiger charge is 2.34. The minimum atomic E-state index is -3.55. The van der Waals surface area contributed by atoms with Crippen LogP contribution in [0.5, 0.6) is 0 Å². The highest BCUT2D eigenvalue weighted by atomic mass is 32.2. The van der Waals surface area contributed by atoms with Crippen LogP contribution in [0.15, 0.2) is 16.6 Å². The quantitative estimate of drug-likeness (QED) is 0.915. The van der Waals surface area contributed by atoms with E-state index in [-0.39, 0.29) is 11.1 Å². The van der Waals surface area contributed by atoms with E-state index in [4.69, 9.17) is 0 Å². The van der Waals surface area contributed by atoms with Gasteiger partial charge in [0.2, 0.25) is 0 Å². The fraction of sp³-hybridized carbons (Fsp3) is 0.615. The van der Waals surface area contributed by atoms with Gasteiger partial charge in [-0.05, 0) is 19.8 Å². The van der Waals surface area contributed by atoms with Gasteiger partial charge in [-0.2, -0.15) is 4.31 Å². The van der Waals surface area contributed by atoms with Crippen molar-refractivity contribution in [2.45, 2.75) is 43.7 Å². The first kappa shape index (κ1) is 14.8. The van der Waals surface area contributed by atoms with E-state index in [0.29, 0.717) is 17.3 Å². The highest BCUT2D eigenvalue weighted by molar-refractivity contribution is 7.89. The van der Waals surface area contributed by atoms with Gasteiger partial charge < -0.3 is 5.32 Å². The number of hydrogen-bond acceptors (Lipinski definition) is 5. The van der Waals surface area contributed by atoms with Crippen LogP contribution < -0.4 is 5.32 Å². The average Bonchev–Trinajstić information content (AvgIpc) is 3.13. The van der Waals surface area contributed by atoms with Crippen molar-refractivity contribution in [2.75, 3.05) is 18.9 Å². The van der Waals surface area contributed by atoms with E-state index < -0.39 is 10.0 Å². The van der Waals surface area contributed by atoms with Crippen molar-refractivity contribution >= 4 is 32.1 Å². The summed E-state index contributed by atoms with van der Waals surface area (Å²) in [6, 6.07) is 0.105. The van der Waals surface area contributed by atoms with E-state index in [2.05, 4.69) is 10.3 Å². The number of aromatic nitrogens is 2. The Hall–Kier alpha value is -1.12. The summed E-state index contributed by atoms with van der Waals surface area (Å²) in [5.74, 6) is 0.453. The standard InChI is InChI=1S/C13H20N4O2S2/c1-3-14-11-12(17-8-9-20-13(17)15-11)21(18,19)16(2)10-6-4-5-7-10/h8-10,14H,3-7H2,1-2H3. The molecule has 1 saturated carbocycles. The lowest BCUT2D eigenvalue weighted by Gasteiger charge is -2.23. The SMILES string of the molecule is CCNc1nc2sccn2c1S(=O)(=O)N(C)C1CCCC1. The summed E-state index contributed by atoms with van der Waals surface area (Å²) in [5.41, 5.74) is 0. The van der Waals surface area contributed by atoms with Crippen molar-refractivity contribution in [3.63, 3.8) is 0 Å². The van der Waals surface area contributed by atoms with Crippen LogP contribution in [0.25, 0.3) is 4.96 Å². The Morgan fingerprint density at radius 2 is 2.19 bits per heavy atom. The first-order valence-corrected chi connectivity index (χ1v) is 9.55. The molecule has 0 radical (unpaired) electrons. The molecule has 6 nitrogen and oxygen atoms in total. The lowest BCUT2D eigenvalue weighted by atomic mass is 10.3. The van der Waals surface area contributed by atoms with Crippen LogP contribution in [0.1, 0.15) is 32.6 Å². The maximum atomic E-state index is 13.0. The number of imidazole rings is 1. The lowest BCUT2D eigenvalue weighted by Crippen LogP contribution is -2.36. The second-order valence-electron chi connectivity index (χ2n) is 5.31. The zero-order chi connectivity index (χ0) is 15.0. The number of nitrogens with one attached hydrogen (secondary N) is 1. The Balaban J connectivity index is 2.08. The number of thiazole rings is 1. The smallest absolute Gasteiger partial charge is 0.262 e. The monoisotopic (exact) mass is 328 g/mol. The van der Waals surface area contributed by atoms with E-state index in [9.17, 15) is 8.42 Å². The molecule has 0 saturated heterocycles. The fourth-order valence-electron chi connectivity index (χ4n) is 2.89. The van der Waals surface area contributed by atoms with Crippen LogP contribution in [0.4, 0.5) is 5.82 Å². The number of rotatable bonds is 5. The van der Waals surface area contributed by atoms with Crippen molar-refractivity contribution in [3.8, 4) is 0 Å². The number of anilines is 1. The van der Waals surface area contributed by atoms with Gasteiger partial charge in [-0.15, -0.1) is 11.3 Å². The van der Waals surface area contributed by atoms with E-state index in [1.807, 2.05) is 12.3 Å². The van der Waals surface area contributed by atoms with E-state index in [0.717, 1.165) is 25.7 Å². The zero-order valence-corrected chi connectivity index (χ0v) is 13.9. The molecule has 0 aliphatic heterocycles. The fourth-order valence-corrected chi connectivity index (χ4v) is 5.30. The third-order valence-corrected chi connectivity index (χ3v) is 6.72. The highest BCUT2D eigenvalue weighted by Crippen LogP contribution is 2.32. The molecule has 0 amide bonds. The minimum absolute atomic E-state index is 0.105. The maximum absolute atomic E-state index is 13.0. The van der Waals surface area contributed by atoms with E-state index >= 15 is 0 Å². The number of fused-ring (bicyclic) bond motifs is 1. The van der Waals surface area contributed by atoms with Crippen molar-refractivity contribution in [3.05, 3.63) is 11.6 Å². The molecular weight excluding hydrogens is 308 g/mol. The lowest BCUT2D eigenvalue weighted by molar-refractivity contribution is 0.371. The zero-order valence-electron chi connectivity index (χ0n) is 12.2. The second-order valence-corrected chi connectivity index (χ2v) is 8.10. The van der Waals surface area contributed by atoms with Gasteiger partial charge in [0.1, 0.15) is 0 Å². The molecule has 2 aromatic rings. The molecule has 0 aromatic carbocycles. The molecule has 1 aliphatic rings. The van der Waals surface area contributed by atoms with Gasteiger partial charge >= 0.3 is 0 Å². The Labute approximate surface area is 128 Å². The first-order valence-electron chi connectivity index (χ1n) is 7.23. The van der Waals surface area contributed by atoms with Gasteiger partial charge in [-0.1, -0.05) is 12.8 Å². The number of sulfonamides is 1. The van der Waals surface area contributed by atoms with Crippen LogP contribution in [-0.4, -0.2) is 41.7 Å². The van der Waals surface area contributed by atoms with Crippen LogP contribution in [0, 0.1) is 0 Å². The predicted molar refractivity (Wildman–Crippen MR) is 84.4 cm³/mol. The van der Waals surface area contributed by atoms with Crippen LogP contribution in [-0.2, 0) is 10.0 Å². The molecule has 3 rings (SSSR count). The predicted octanol–water partition coefficient (Wildman–Crippen LogP) is 2.39. The summed E-state index contributed by atoms with van der Waals surface area (Å²) >= 11 is 1.44. The van der Waals surface area contributed by atoms with E-state index in [1.54, 1.807) is 17.6 Å². The van der Waals surface area contributed by atoms with E-state index in [1.165, 1.54) is 15.6 Å². The van der Waals surface area contributed by atoms with Crippen LogP contribution >= 0.6 is 11.3 Å². The summed E-state index contributed by atoms with van der Waals surface area (Å²) in [5, 5.41) is 5.19. The largest absolute Gasteiger partial charge is 0.368 e. The molecule has 2 aromatic heterocycles. The normalized spacial score (nSPS) is 17.1. The Bertz CT molecular complexity index is 729. The van der Waals surface area contributed by atoms with Crippen molar-refractivity contribution in [1.82, 2.24) is 13.7 Å². The maximum Gasteiger partial charge on any atom is 0.262 e. The van der Waals surface area contributed by atoms with Crippen LogP contribution in [0.3, 0.4) is 0 Å². The molecule has 0 unspecified atom stereocenters. The molecule has 1 aliphatic carbocycles. The average molecular weight is 328 g/mol. The van der Waals surface area contributed by atoms with Gasteiger partial charge in [-0.25, -0.2) is 13.4 Å². The molecule has 0 spiro atoms. The van der Waals surface area contributed by atoms with Gasteiger partial charge in [-0.3, -0.25) is 4.40 Å². The third kappa shape index (κ3) is 2.45. The van der Waals surface area contributed by atoms with Crippen molar-refractivity contribution < 1.29 is 8.42 Å². The van der Waals surface area contributed by atoms with Gasteiger partial charge in [0.25, 0.3) is 10.0 Å². The van der Waals surface area contributed by atoms with Gasteiger partial charge in [0, 0.05) is 31.2 Å². The first-order chi connectivity index (χ1) is 10.1. The molecule has 1 N–H and O–H groups in total. The molecule has 0 atom stereocenters. The molecule has 2 heterocycles. The Kier molecular flexibility index (Phi) is 3.94. The number of nitrogens with zero attached hydrogens (tertiary/aromatic N) is 3. The second kappa shape index (κ2) is 5.58. The van der Waals surface area contributed by atoms with Crippen LogP contribution in [0.2, 0.25) is 0 Å². The molecule has 1 fully saturated rings. The summed E-state index contributed by atoms with van der Waals surface area (Å²) in [6.07, 6.45) is 5.86. The van der Waals surface area contributed by atoms with Gasteiger partial charge in [0.15, 0.2) is 15.8 Å². The topological polar surface area (TPSA) is 66.7 Å². The Morgan fingerprint density at radius 1 is 1.48 bits per heavy atom. The summed E-state index contributed by atoms with van der Waals surface area (Å²) < 4.78 is 29.2. The Morgan fingerprint density at radius 3 is 2.86 bits per heavy atom. The summed E-state index contributed by atoms with van der Waals surface area (Å²) in [7, 11) is -1.86. The molecule has 8 heteroatoms. The third-order valence-electron chi connectivity index (χ3n) is 4.02. The van der Waals surface area contributed by atoms with Gasteiger partial charge in [0.05, 0.1) is 0 Å². The minimum Gasteiger partial charge on any atom is -0.368 e. The molecular formula is C13H20N4O2S2. The van der Waals surface area contributed by atoms with Crippen molar-refractivity contribution in [2.24, 2.45) is 0 Å². The summed E-state index contributed by atoms with van der Waals surface area (Å²) in [4.78, 5) is 5.10.